The van der Waals surface area contributed by atoms with Crippen molar-refractivity contribution in [3.63, 3.8) is 0 Å². The number of anilines is 1. The lowest BCUT2D eigenvalue weighted by Crippen LogP contribution is -2.37. The molecule has 0 amide bonds. The van der Waals surface area contributed by atoms with Crippen LogP contribution in [0.25, 0.3) is 11.0 Å². The van der Waals surface area contributed by atoms with Gasteiger partial charge < -0.3 is 5.32 Å². The summed E-state index contributed by atoms with van der Waals surface area (Å²) in [5.41, 5.74) is 1.46. The molecule has 2 rings (SSSR count). The van der Waals surface area contributed by atoms with Crippen LogP contribution in [0.4, 0.5) is 5.69 Å². The lowest BCUT2D eigenvalue weighted by atomic mass is 10.1. The molecule has 0 atom stereocenters. The van der Waals surface area contributed by atoms with E-state index in [2.05, 4.69) is 17.2 Å². The Labute approximate surface area is 123 Å². The molecule has 0 saturated carbocycles. The number of nitrogens with zero attached hydrogens (tertiary/aromatic N) is 3. The predicted octanol–water partition coefficient (Wildman–Crippen LogP) is 1.54. The lowest BCUT2D eigenvalue weighted by Gasteiger charge is -2.14. The highest BCUT2D eigenvalue weighted by atomic mass is 16.2. The van der Waals surface area contributed by atoms with Crippen molar-refractivity contribution in [2.75, 3.05) is 11.9 Å². The van der Waals surface area contributed by atoms with E-state index in [-0.39, 0.29) is 11.2 Å². The summed E-state index contributed by atoms with van der Waals surface area (Å²) in [6, 6.07) is 0. The van der Waals surface area contributed by atoms with Crippen molar-refractivity contribution in [2.24, 2.45) is 14.1 Å². The summed E-state index contributed by atoms with van der Waals surface area (Å²) in [7, 11) is 3.13. The molecule has 0 saturated heterocycles. The zero-order valence-corrected chi connectivity index (χ0v) is 13.1. The molecule has 2 heterocycles. The third-order valence-electron chi connectivity index (χ3n) is 3.74. The third kappa shape index (κ3) is 2.70. The Bertz CT molecular complexity index is 774. The Hall–Kier alpha value is -2.11. The van der Waals surface area contributed by atoms with E-state index < -0.39 is 0 Å². The SMILES string of the molecule is CCCCCNc1c(C)cnc2c1c(=O)n(C)c(=O)n2C. The van der Waals surface area contributed by atoms with Gasteiger partial charge in [0.05, 0.1) is 5.69 Å². The summed E-state index contributed by atoms with van der Waals surface area (Å²) in [6.07, 6.45) is 5.04. The summed E-state index contributed by atoms with van der Waals surface area (Å²) in [6.45, 7) is 4.87. The van der Waals surface area contributed by atoms with Crippen LogP contribution in [0.3, 0.4) is 0 Å². The maximum Gasteiger partial charge on any atom is 0.332 e. The van der Waals surface area contributed by atoms with Crippen LogP contribution in [0.15, 0.2) is 15.8 Å². The fraction of sp³-hybridized carbons (Fsp3) is 0.533. The number of pyridine rings is 1. The predicted molar refractivity (Wildman–Crippen MR) is 85.0 cm³/mol. The zero-order chi connectivity index (χ0) is 15.6. The van der Waals surface area contributed by atoms with E-state index in [0.717, 1.165) is 41.6 Å². The van der Waals surface area contributed by atoms with Crippen LogP contribution in [0.5, 0.6) is 0 Å². The second kappa shape index (κ2) is 6.11. The third-order valence-corrected chi connectivity index (χ3v) is 3.74. The Kier molecular flexibility index (Phi) is 4.45. The monoisotopic (exact) mass is 290 g/mol. The topological polar surface area (TPSA) is 68.9 Å². The first-order valence-electron chi connectivity index (χ1n) is 7.28. The summed E-state index contributed by atoms with van der Waals surface area (Å²) in [4.78, 5) is 28.7. The number of aromatic nitrogens is 3. The second-order valence-electron chi connectivity index (χ2n) is 5.35. The minimum absolute atomic E-state index is 0.303. The largest absolute Gasteiger partial charge is 0.384 e. The molecular weight excluding hydrogens is 268 g/mol. The van der Waals surface area contributed by atoms with E-state index in [1.54, 1.807) is 13.2 Å². The second-order valence-corrected chi connectivity index (χ2v) is 5.35. The van der Waals surface area contributed by atoms with Crippen molar-refractivity contribution in [3.05, 3.63) is 32.6 Å². The van der Waals surface area contributed by atoms with E-state index in [0.29, 0.717) is 11.0 Å². The summed E-state index contributed by atoms with van der Waals surface area (Å²) in [5, 5.41) is 3.82. The molecule has 6 nitrogen and oxygen atoms in total. The fourth-order valence-electron chi connectivity index (χ4n) is 2.44. The van der Waals surface area contributed by atoms with E-state index in [9.17, 15) is 9.59 Å². The number of hydrogen-bond acceptors (Lipinski definition) is 4. The van der Waals surface area contributed by atoms with Crippen molar-refractivity contribution in [3.8, 4) is 0 Å². The van der Waals surface area contributed by atoms with Gasteiger partial charge in [-0.2, -0.15) is 0 Å². The van der Waals surface area contributed by atoms with Gasteiger partial charge in [0.1, 0.15) is 5.39 Å². The number of hydrogen-bond donors (Lipinski definition) is 1. The average molecular weight is 290 g/mol. The number of aryl methyl sites for hydroxylation is 2. The molecule has 0 aliphatic carbocycles. The smallest absolute Gasteiger partial charge is 0.332 e. The highest BCUT2D eigenvalue weighted by Crippen LogP contribution is 2.21. The average Bonchev–Trinajstić information content (AvgIpc) is 2.48. The fourth-order valence-corrected chi connectivity index (χ4v) is 2.44. The van der Waals surface area contributed by atoms with Gasteiger partial charge >= 0.3 is 5.69 Å². The van der Waals surface area contributed by atoms with E-state index in [1.165, 1.54) is 11.6 Å². The highest BCUT2D eigenvalue weighted by Gasteiger charge is 2.15. The first-order chi connectivity index (χ1) is 9.99. The standard InChI is InChI=1S/C15H22N4O2/c1-5-6-7-8-16-12-10(2)9-17-13-11(12)14(20)19(4)15(21)18(13)3/h9H,5-8H2,1-4H3,(H,16,17). The summed E-state index contributed by atoms with van der Waals surface area (Å²) in [5.74, 6) is 0. The minimum atomic E-state index is -0.360. The molecule has 114 valence electrons. The number of unbranched alkanes of at least 4 members (excludes halogenated alkanes) is 2. The maximum atomic E-state index is 12.4. The van der Waals surface area contributed by atoms with Crippen LogP contribution in [-0.4, -0.2) is 20.7 Å². The molecular formula is C15H22N4O2. The Balaban J connectivity index is 2.61. The molecule has 0 aliphatic rings. The van der Waals surface area contributed by atoms with E-state index in [1.807, 2.05) is 6.92 Å². The van der Waals surface area contributed by atoms with Gasteiger partial charge in [-0.15, -0.1) is 0 Å². The van der Waals surface area contributed by atoms with Crippen LogP contribution < -0.4 is 16.6 Å². The van der Waals surface area contributed by atoms with Gasteiger partial charge in [0.2, 0.25) is 0 Å². The molecule has 0 aliphatic heterocycles. The molecule has 0 bridgehead atoms. The van der Waals surface area contributed by atoms with Gasteiger partial charge in [-0.05, 0) is 18.9 Å². The molecule has 2 aromatic rings. The lowest BCUT2D eigenvalue weighted by molar-refractivity contribution is 0.707. The van der Waals surface area contributed by atoms with Gasteiger partial charge in [0.15, 0.2) is 5.65 Å². The first kappa shape index (κ1) is 15.3. The first-order valence-corrected chi connectivity index (χ1v) is 7.28. The molecule has 1 N–H and O–H groups in total. The van der Waals surface area contributed by atoms with Gasteiger partial charge in [-0.3, -0.25) is 13.9 Å². The highest BCUT2D eigenvalue weighted by molar-refractivity contribution is 5.89. The van der Waals surface area contributed by atoms with Crippen molar-refractivity contribution >= 4 is 16.7 Å². The van der Waals surface area contributed by atoms with Crippen LogP contribution in [0, 0.1) is 6.92 Å². The van der Waals surface area contributed by atoms with Crippen molar-refractivity contribution in [1.29, 1.82) is 0 Å². The van der Waals surface area contributed by atoms with Crippen molar-refractivity contribution in [2.45, 2.75) is 33.1 Å². The van der Waals surface area contributed by atoms with Gasteiger partial charge in [0.25, 0.3) is 5.56 Å². The number of fused-ring (bicyclic) bond motifs is 1. The molecule has 0 radical (unpaired) electrons. The van der Waals surface area contributed by atoms with Crippen LogP contribution in [0.2, 0.25) is 0 Å². The van der Waals surface area contributed by atoms with Crippen molar-refractivity contribution < 1.29 is 0 Å². The summed E-state index contributed by atoms with van der Waals surface area (Å²) < 4.78 is 2.54. The number of nitrogens with one attached hydrogen (secondary N) is 1. The van der Waals surface area contributed by atoms with Gasteiger partial charge in [0, 0.05) is 26.8 Å². The van der Waals surface area contributed by atoms with Gasteiger partial charge in [-0.25, -0.2) is 9.78 Å². The van der Waals surface area contributed by atoms with Crippen LogP contribution in [0.1, 0.15) is 31.7 Å². The van der Waals surface area contributed by atoms with Crippen LogP contribution >= 0.6 is 0 Å². The quantitative estimate of drug-likeness (QED) is 0.848. The molecule has 6 heteroatoms. The van der Waals surface area contributed by atoms with Crippen LogP contribution in [-0.2, 0) is 14.1 Å². The van der Waals surface area contributed by atoms with E-state index in [4.69, 9.17) is 0 Å². The molecule has 0 spiro atoms. The molecule has 0 aromatic carbocycles. The van der Waals surface area contributed by atoms with Crippen molar-refractivity contribution in [1.82, 2.24) is 14.1 Å². The van der Waals surface area contributed by atoms with E-state index >= 15 is 0 Å². The molecule has 2 aromatic heterocycles. The Morgan fingerprint density at radius 2 is 1.90 bits per heavy atom. The normalized spacial score (nSPS) is 11.0. The number of rotatable bonds is 5. The minimum Gasteiger partial charge on any atom is -0.384 e. The van der Waals surface area contributed by atoms with Gasteiger partial charge in [-0.1, -0.05) is 19.8 Å². The maximum absolute atomic E-state index is 12.4. The molecule has 0 fully saturated rings. The zero-order valence-electron chi connectivity index (χ0n) is 13.1. The summed E-state index contributed by atoms with van der Waals surface area (Å²) >= 11 is 0. The Morgan fingerprint density at radius 3 is 2.57 bits per heavy atom. The Morgan fingerprint density at radius 1 is 1.19 bits per heavy atom. The molecule has 21 heavy (non-hydrogen) atoms. The molecule has 0 unspecified atom stereocenters.